The predicted octanol–water partition coefficient (Wildman–Crippen LogP) is 4.24. The molecule has 2 fully saturated rings. The van der Waals surface area contributed by atoms with E-state index in [1.807, 2.05) is 36.4 Å². The van der Waals surface area contributed by atoms with Crippen LogP contribution in [0.3, 0.4) is 0 Å². The Bertz CT molecular complexity index is 780. The van der Waals surface area contributed by atoms with E-state index in [4.69, 9.17) is 11.6 Å². The summed E-state index contributed by atoms with van der Waals surface area (Å²) in [6.45, 7) is 2.18. The monoisotopic (exact) mass is 383 g/mol. The maximum atomic E-state index is 12.2. The Labute approximate surface area is 165 Å². The van der Waals surface area contributed by atoms with E-state index in [0.29, 0.717) is 17.5 Å². The quantitative estimate of drug-likeness (QED) is 0.784. The maximum absolute atomic E-state index is 12.2. The molecule has 2 aromatic rings. The fourth-order valence-corrected chi connectivity index (χ4v) is 3.89. The molecule has 1 heterocycles. The minimum absolute atomic E-state index is 0.0306. The number of amides is 1. The molecule has 2 aromatic carbocycles. The molecule has 0 radical (unpaired) electrons. The standard InChI is InChI=1S/C22H26ClN3O/c23-17-3-1-2-16(14-17)15-22(27)25-19-6-8-21(9-7-19)26-12-10-20(11-13-26)24-18-4-5-18/h1-3,6-9,14,18,20,24H,4-5,10-13,15H2,(H,25,27). The summed E-state index contributed by atoms with van der Waals surface area (Å²) >= 11 is 5.98. The highest BCUT2D eigenvalue weighted by atomic mass is 35.5. The fraction of sp³-hybridized carbons (Fsp3) is 0.409. The smallest absolute Gasteiger partial charge is 0.228 e. The summed E-state index contributed by atoms with van der Waals surface area (Å²) in [5, 5.41) is 7.35. The number of nitrogens with one attached hydrogen (secondary N) is 2. The van der Waals surface area contributed by atoms with Crippen LogP contribution in [0.4, 0.5) is 11.4 Å². The van der Waals surface area contributed by atoms with Gasteiger partial charge in [0.15, 0.2) is 0 Å². The van der Waals surface area contributed by atoms with Crippen LogP contribution < -0.4 is 15.5 Å². The van der Waals surface area contributed by atoms with Crippen molar-refractivity contribution >= 4 is 28.9 Å². The van der Waals surface area contributed by atoms with Gasteiger partial charge >= 0.3 is 0 Å². The molecule has 1 aliphatic carbocycles. The van der Waals surface area contributed by atoms with Gasteiger partial charge in [0.05, 0.1) is 6.42 Å². The topological polar surface area (TPSA) is 44.4 Å². The van der Waals surface area contributed by atoms with Gasteiger partial charge < -0.3 is 15.5 Å². The highest BCUT2D eigenvalue weighted by molar-refractivity contribution is 6.30. The zero-order valence-electron chi connectivity index (χ0n) is 15.5. The third kappa shape index (κ3) is 5.24. The van der Waals surface area contributed by atoms with Crippen LogP contribution in [0.15, 0.2) is 48.5 Å². The molecule has 4 nitrogen and oxygen atoms in total. The molecule has 0 atom stereocenters. The van der Waals surface area contributed by atoms with Gasteiger partial charge in [-0.05, 0) is 67.6 Å². The van der Waals surface area contributed by atoms with Crippen LogP contribution in [-0.2, 0) is 11.2 Å². The van der Waals surface area contributed by atoms with Crippen molar-refractivity contribution in [2.75, 3.05) is 23.3 Å². The Morgan fingerprint density at radius 2 is 1.70 bits per heavy atom. The average molecular weight is 384 g/mol. The molecule has 5 heteroatoms. The summed E-state index contributed by atoms with van der Waals surface area (Å²) < 4.78 is 0. The number of hydrogen-bond acceptors (Lipinski definition) is 3. The third-order valence-corrected chi connectivity index (χ3v) is 5.55. The molecule has 142 valence electrons. The van der Waals surface area contributed by atoms with Gasteiger partial charge in [-0.2, -0.15) is 0 Å². The van der Waals surface area contributed by atoms with Crippen molar-refractivity contribution in [1.29, 1.82) is 0 Å². The number of anilines is 2. The third-order valence-electron chi connectivity index (χ3n) is 5.31. The molecule has 2 N–H and O–H groups in total. The molecule has 0 bridgehead atoms. The number of nitrogens with zero attached hydrogens (tertiary/aromatic N) is 1. The van der Waals surface area contributed by atoms with E-state index in [1.165, 1.54) is 31.4 Å². The highest BCUT2D eigenvalue weighted by Crippen LogP contribution is 2.25. The summed E-state index contributed by atoms with van der Waals surface area (Å²) in [5.74, 6) is -0.0306. The maximum Gasteiger partial charge on any atom is 0.228 e. The Balaban J connectivity index is 1.27. The number of halogens is 1. The number of benzene rings is 2. The minimum atomic E-state index is -0.0306. The largest absolute Gasteiger partial charge is 0.371 e. The highest BCUT2D eigenvalue weighted by Gasteiger charge is 2.27. The summed E-state index contributed by atoms with van der Waals surface area (Å²) in [4.78, 5) is 14.7. The first kappa shape index (κ1) is 18.3. The molecule has 1 aliphatic heterocycles. The normalized spacial score (nSPS) is 17.7. The summed E-state index contributed by atoms with van der Waals surface area (Å²) in [5.41, 5.74) is 2.98. The van der Waals surface area contributed by atoms with E-state index in [-0.39, 0.29) is 5.91 Å². The van der Waals surface area contributed by atoms with Gasteiger partial charge in [0.2, 0.25) is 5.91 Å². The number of piperidine rings is 1. The molecular weight excluding hydrogens is 358 g/mol. The molecule has 2 aliphatic rings. The van der Waals surface area contributed by atoms with Crippen molar-refractivity contribution in [1.82, 2.24) is 5.32 Å². The molecule has 0 spiro atoms. The zero-order valence-corrected chi connectivity index (χ0v) is 16.2. The van der Waals surface area contributed by atoms with Crippen LogP contribution in [0.2, 0.25) is 5.02 Å². The van der Waals surface area contributed by atoms with Gasteiger partial charge in [-0.3, -0.25) is 4.79 Å². The van der Waals surface area contributed by atoms with Gasteiger partial charge in [0.25, 0.3) is 0 Å². The Hall–Kier alpha value is -2.04. The number of hydrogen-bond donors (Lipinski definition) is 2. The first-order chi connectivity index (χ1) is 13.2. The fourth-order valence-electron chi connectivity index (χ4n) is 3.68. The molecule has 0 aromatic heterocycles. The van der Waals surface area contributed by atoms with Crippen LogP contribution in [-0.4, -0.2) is 31.1 Å². The molecule has 1 amide bonds. The lowest BCUT2D eigenvalue weighted by Gasteiger charge is -2.34. The van der Waals surface area contributed by atoms with Crippen molar-refractivity contribution in [2.45, 2.75) is 44.2 Å². The van der Waals surface area contributed by atoms with Crippen LogP contribution in [0.1, 0.15) is 31.2 Å². The second-order valence-corrected chi connectivity index (χ2v) is 8.04. The van der Waals surface area contributed by atoms with Crippen LogP contribution in [0.5, 0.6) is 0 Å². The van der Waals surface area contributed by atoms with Crippen LogP contribution >= 0.6 is 11.6 Å². The van der Waals surface area contributed by atoms with Crippen molar-refractivity contribution in [3.63, 3.8) is 0 Å². The minimum Gasteiger partial charge on any atom is -0.371 e. The Kier molecular flexibility index (Phi) is 5.65. The van der Waals surface area contributed by atoms with Crippen molar-refractivity contribution in [3.05, 3.63) is 59.1 Å². The first-order valence-corrected chi connectivity index (χ1v) is 10.2. The van der Waals surface area contributed by atoms with Crippen molar-refractivity contribution in [2.24, 2.45) is 0 Å². The number of carbonyl (C=O) groups is 1. The van der Waals surface area contributed by atoms with Gasteiger partial charge in [0.1, 0.15) is 0 Å². The van der Waals surface area contributed by atoms with E-state index in [9.17, 15) is 4.79 Å². The molecular formula is C22H26ClN3O. The van der Waals surface area contributed by atoms with Crippen LogP contribution in [0, 0.1) is 0 Å². The summed E-state index contributed by atoms with van der Waals surface area (Å²) in [6.07, 6.45) is 5.43. The first-order valence-electron chi connectivity index (χ1n) is 9.81. The Morgan fingerprint density at radius 3 is 2.37 bits per heavy atom. The van der Waals surface area contributed by atoms with E-state index < -0.39 is 0 Å². The average Bonchev–Trinajstić information content (AvgIpc) is 3.47. The second-order valence-electron chi connectivity index (χ2n) is 7.60. The van der Waals surface area contributed by atoms with Gasteiger partial charge in [0, 0.05) is 41.6 Å². The molecule has 4 rings (SSSR count). The van der Waals surface area contributed by atoms with E-state index in [1.54, 1.807) is 0 Å². The van der Waals surface area contributed by atoms with Gasteiger partial charge in [-0.15, -0.1) is 0 Å². The van der Waals surface area contributed by atoms with E-state index in [0.717, 1.165) is 30.4 Å². The van der Waals surface area contributed by atoms with E-state index >= 15 is 0 Å². The molecule has 0 unspecified atom stereocenters. The SMILES string of the molecule is O=C(Cc1cccc(Cl)c1)Nc1ccc(N2CCC(NC3CC3)CC2)cc1. The number of carbonyl (C=O) groups excluding carboxylic acids is 1. The lowest BCUT2D eigenvalue weighted by Crippen LogP contribution is -2.43. The molecule has 1 saturated carbocycles. The second kappa shape index (κ2) is 8.32. The number of rotatable bonds is 6. The van der Waals surface area contributed by atoms with Crippen molar-refractivity contribution < 1.29 is 4.79 Å². The van der Waals surface area contributed by atoms with Gasteiger partial charge in [-0.25, -0.2) is 0 Å². The predicted molar refractivity (Wildman–Crippen MR) is 112 cm³/mol. The lowest BCUT2D eigenvalue weighted by molar-refractivity contribution is -0.115. The van der Waals surface area contributed by atoms with Gasteiger partial charge in [-0.1, -0.05) is 23.7 Å². The Morgan fingerprint density at radius 1 is 1.00 bits per heavy atom. The van der Waals surface area contributed by atoms with Crippen LogP contribution in [0.25, 0.3) is 0 Å². The van der Waals surface area contributed by atoms with E-state index in [2.05, 4.69) is 27.7 Å². The molecule has 1 saturated heterocycles. The summed E-state index contributed by atoms with van der Waals surface area (Å²) in [7, 11) is 0. The van der Waals surface area contributed by atoms with Crippen molar-refractivity contribution in [3.8, 4) is 0 Å². The molecule has 27 heavy (non-hydrogen) atoms. The lowest BCUT2D eigenvalue weighted by atomic mass is 10.0. The zero-order chi connectivity index (χ0) is 18.6. The summed E-state index contributed by atoms with van der Waals surface area (Å²) in [6, 6.07) is 17.1.